The lowest BCUT2D eigenvalue weighted by atomic mass is 10.1. The van der Waals surface area contributed by atoms with Gasteiger partial charge in [-0.3, -0.25) is 19.8 Å². The predicted molar refractivity (Wildman–Crippen MR) is 79.5 cm³/mol. The van der Waals surface area contributed by atoms with E-state index >= 15 is 0 Å². The summed E-state index contributed by atoms with van der Waals surface area (Å²) in [7, 11) is 0. The first-order valence-corrected chi connectivity index (χ1v) is 7.64. The van der Waals surface area contributed by atoms with Crippen molar-refractivity contribution in [1.82, 2.24) is 10.2 Å². The normalized spacial score (nSPS) is 28.6. The number of imide groups is 1. The van der Waals surface area contributed by atoms with E-state index in [0.717, 1.165) is 24.7 Å². The highest BCUT2D eigenvalue weighted by molar-refractivity contribution is 6.21. The van der Waals surface area contributed by atoms with Crippen molar-refractivity contribution in [1.29, 1.82) is 0 Å². The molecule has 0 spiro atoms. The van der Waals surface area contributed by atoms with E-state index in [4.69, 9.17) is 0 Å². The molecule has 2 amide bonds. The molecular weight excluding hydrogens is 266 g/mol. The van der Waals surface area contributed by atoms with E-state index in [1.807, 2.05) is 6.07 Å². The molecule has 4 rings (SSSR count). The number of nitrogens with one attached hydrogen (secondary N) is 2. The van der Waals surface area contributed by atoms with Gasteiger partial charge in [0.25, 0.3) is 11.8 Å². The smallest absolute Gasteiger partial charge is 0.259 e. The van der Waals surface area contributed by atoms with E-state index in [2.05, 4.69) is 22.5 Å². The van der Waals surface area contributed by atoms with Gasteiger partial charge in [0.05, 0.1) is 11.1 Å². The number of hydrogen-bond donors (Lipinski definition) is 2. The Labute approximate surface area is 123 Å². The van der Waals surface area contributed by atoms with Crippen molar-refractivity contribution in [3.8, 4) is 0 Å². The van der Waals surface area contributed by atoms with Crippen LogP contribution in [0, 0.1) is 0 Å². The van der Waals surface area contributed by atoms with Gasteiger partial charge in [0.1, 0.15) is 0 Å². The average Bonchev–Trinajstić information content (AvgIpc) is 3.17. The summed E-state index contributed by atoms with van der Waals surface area (Å²) in [5, 5.41) is 5.84. The first-order chi connectivity index (χ1) is 10.1. The Morgan fingerprint density at radius 2 is 1.95 bits per heavy atom. The number of rotatable bonds is 3. The molecule has 2 atom stereocenters. The van der Waals surface area contributed by atoms with Gasteiger partial charge in [-0.25, -0.2) is 0 Å². The number of fused-ring (bicyclic) bond motifs is 1. The summed E-state index contributed by atoms with van der Waals surface area (Å²) in [5.74, 6) is -0.589. The Bertz CT molecular complexity index is 624. The van der Waals surface area contributed by atoms with Gasteiger partial charge in [-0.05, 0) is 44.4 Å². The van der Waals surface area contributed by atoms with Crippen molar-refractivity contribution in [2.75, 3.05) is 11.9 Å². The summed E-state index contributed by atoms with van der Waals surface area (Å²) in [6, 6.07) is 7.24. The Balaban J connectivity index is 1.49. The van der Waals surface area contributed by atoms with Crippen molar-refractivity contribution >= 4 is 17.5 Å². The number of amides is 2. The summed E-state index contributed by atoms with van der Waals surface area (Å²) < 4.78 is 0. The van der Waals surface area contributed by atoms with Gasteiger partial charge in [0, 0.05) is 30.4 Å². The molecule has 1 saturated carbocycles. The minimum absolute atomic E-state index is 0.293. The van der Waals surface area contributed by atoms with Gasteiger partial charge in [0.15, 0.2) is 0 Å². The summed E-state index contributed by atoms with van der Waals surface area (Å²) >= 11 is 0. The predicted octanol–water partition coefficient (Wildman–Crippen LogP) is 1.61. The maximum absolute atomic E-state index is 11.7. The Morgan fingerprint density at radius 1 is 1.19 bits per heavy atom. The topological polar surface area (TPSA) is 61.4 Å². The van der Waals surface area contributed by atoms with E-state index in [1.165, 1.54) is 12.8 Å². The van der Waals surface area contributed by atoms with Gasteiger partial charge in [0.2, 0.25) is 0 Å². The van der Waals surface area contributed by atoms with Gasteiger partial charge in [-0.1, -0.05) is 0 Å². The summed E-state index contributed by atoms with van der Waals surface area (Å²) in [4.78, 5) is 25.8. The van der Waals surface area contributed by atoms with Gasteiger partial charge in [-0.2, -0.15) is 0 Å². The molecule has 2 fully saturated rings. The van der Waals surface area contributed by atoms with E-state index in [-0.39, 0.29) is 11.8 Å². The number of nitrogens with zero attached hydrogens (tertiary/aromatic N) is 1. The van der Waals surface area contributed by atoms with Crippen LogP contribution in [0.1, 0.15) is 46.9 Å². The zero-order valence-electron chi connectivity index (χ0n) is 12.1. The molecule has 21 heavy (non-hydrogen) atoms. The fourth-order valence-electron chi connectivity index (χ4n) is 3.57. The minimum atomic E-state index is -0.295. The maximum Gasteiger partial charge on any atom is 0.259 e. The van der Waals surface area contributed by atoms with Crippen LogP contribution in [0.25, 0.3) is 0 Å². The lowest BCUT2D eigenvalue weighted by molar-refractivity contribution is 0.0879. The second-order valence-corrected chi connectivity index (χ2v) is 6.40. The second kappa shape index (κ2) is 4.56. The molecule has 110 valence electrons. The highest BCUT2D eigenvalue weighted by atomic mass is 16.2. The van der Waals surface area contributed by atoms with Gasteiger partial charge >= 0.3 is 0 Å². The Kier molecular flexibility index (Phi) is 2.79. The van der Waals surface area contributed by atoms with Crippen molar-refractivity contribution in [3.63, 3.8) is 0 Å². The molecule has 2 heterocycles. The van der Waals surface area contributed by atoms with E-state index < -0.39 is 0 Å². The van der Waals surface area contributed by atoms with Crippen LogP contribution in [0.3, 0.4) is 0 Å². The molecule has 0 aromatic heterocycles. The summed E-state index contributed by atoms with van der Waals surface area (Å²) in [6.45, 7) is 3.35. The van der Waals surface area contributed by atoms with Crippen molar-refractivity contribution in [2.24, 2.45) is 0 Å². The molecular formula is C16H19N3O2. The Hall–Kier alpha value is -1.88. The molecule has 2 aliphatic heterocycles. The third-order valence-corrected chi connectivity index (χ3v) is 4.75. The maximum atomic E-state index is 11.7. The fraction of sp³-hybridized carbons (Fsp3) is 0.500. The monoisotopic (exact) mass is 285 g/mol. The third kappa shape index (κ3) is 2.21. The van der Waals surface area contributed by atoms with Crippen molar-refractivity contribution in [3.05, 3.63) is 29.3 Å². The van der Waals surface area contributed by atoms with E-state index in [0.29, 0.717) is 23.2 Å². The lowest BCUT2D eigenvalue weighted by Crippen LogP contribution is -2.31. The molecule has 3 aliphatic rings. The van der Waals surface area contributed by atoms with Gasteiger partial charge < -0.3 is 5.32 Å². The van der Waals surface area contributed by atoms with E-state index in [9.17, 15) is 9.59 Å². The molecule has 1 saturated heterocycles. The van der Waals surface area contributed by atoms with Crippen LogP contribution in [0.5, 0.6) is 0 Å². The molecule has 1 aliphatic carbocycles. The van der Waals surface area contributed by atoms with Crippen molar-refractivity contribution < 1.29 is 9.59 Å². The molecule has 1 aromatic rings. The summed E-state index contributed by atoms with van der Waals surface area (Å²) in [5.41, 5.74) is 1.88. The van der Waals surface area contributed by atoms with Crippen LogP contribution in [0.15, 0.2) is 18.2 Å². The molecule has 2 N–H and O–H groups in total. The van der Waals surface area contributed by atoms with Crippen LogP contribution in [-0.4, -0.2) is 41.4 Å². The quantitative estimate of drug-likeness (QED) is 0.828. The summed E-state index contributed by atoms with van der Waals surface area (Å²) in [6.07, 6.45) is 3.79. The largest absolute Gasteiger partial charge is 0.381 e. The van der Waals surface area contributed by atoms with Gasteiger partial charge in [-0.15, -0.1) is 0 Å². The minimum Gasteiger partial charge on any atom is -0.381 e. The molecule has 0 bridgehead atoms. The zero-order valence-corrected chi connectivity index (χ0v) is 12.1. The molecule has 5 heteroatoms. The number of carbonyl (C=O) groups is 2. The highest BCUT2D eigenvalue weighted by Gasteiger charge is 2.38. The van der Waals surface area contributed by atoms with Crippen molar-refractivity contribution in [2.45, 2.75) is 44.3 Å². The molecule has 5 nitrogen and oxygen atoms in total. The first kappa shape index (κ1) is 12.8. The second-order valence-electron chi connectivity index (χ2n) is 6.40. The molecule has 1 aromatic carbocycles. The average molecular weight is 285 g/mol. The Morgan fingerprint density at radius 3 is 2.71 bits per heavy atom. The highest BCUT2D eigenvalue weighted by Crippen LogP contribution is 2.34. The number of hydrogen-bond acceptors (Lipinski definition) is 4. The molecule has 0 radical (unpaired) electrons. The SMILES string of the molecule is CC1CC(Nc2ccc3c(c2)C(=O)NC3=O)CN1C1CC1. The number of likely N-dealkylation sites (tertiary alicyclic amines) is 1. The third-order valence-electron chi connectivity index (χ3n) is 4.75. The van der Waals surface area contributed by atoms with Crippen LogP contribution in [-0.2, 0) is 0 Å². The van der Waals surface area contributed by atoms with Crippen LogP contribution in [0.2, 0.25) is 0 Å². The fourth-order valence-corrected chi connectivity index (χ4v) is 3.57. The lowest BCUT2D eigenvalue weighted by Gasteiger charge is -2.20. The zero-order chi connectivity index (χ0) is 14.6. The van der Waals surface area contributed by atoms with E-state index in [1.54, 1.807) is 12.1 Å². The standard InChI is InChI=1S/C16H19N3O2/c1-9-6-11(8-19(9)12-3-4-12)17-10-2-5-13-14(7-10)16(21)18-15(13)20/h2,5,7,9,11-12,17H,3-4,6,8H2,1H3,(H,18,20,21). The molecule has 2 unspecified atom stereocenters. The first-order valence-electron chi connectivity index (χ1n) is 7.64. The number of carbonyl (C=O) groups excluding carboxylic acids is 2. The van der Waals surface area contributed by atoms with Crippen LogP contribution >= 0.6 is 0 Å². The van der Waals surface area contributed by atoms with Crippen LogP contribution in [0.4, 0.5) is 5.69 Å². The van der Waals surface area contributed by atoms with Crippen LogP contribution < -0.4 is 10.6 Å². The number of anilines is 1. The number of benzene rings is 1.